The number of ether oxygens (including phenoxy) is 1. The van der Waals surface area contributed by atoms with E-state index in [2.05, 4.69) is 6.07 Å². The summed E-state index contributed by atoms with van der Waals surface area (Å²) in [5, 5.41) is 9.30. The Kier molecular flexibility index (Phi) is 2.66. The van der Waals surface area contributed by atoms with E-state index in [1.54, 1.807) is 0 Å². The van der Waals surface area contributed by atoms with Crippen LogP contribution in [0.2, 0.25) is 0 Å². The number of carbonyl (C=O) groups is 1. The molecule has 2 rings (SSSR count). The van der Waals surface area contributed by atoms with Crippen molar-refractivity contribution in [2.45, 2.75) is 32.3 Å². The lowest BCUT2D eigenvalue weighted by molar-refractivity contribution is -0.150. The van der Waals surface area contributed by atoms with Gasteiger partial charge in [0.25, 0.3) is 0 Å². The second-order valence-corrected chi connectivity index (χ2v) is 5.22. The van der Waals surface area contributed by atoms with E-state index >= 15 is 0 Å². The Bertz CT molecular complexity index is 473. The summed E-state index contributed by atoms with van der Waals surface area (Å²) in [6.07, 6.45) is 0.906. The van der Waals surface area contributed by atoms with Crippen LogP contribution < -0.4 is 0 Å². The van der Waals surface area contributed by atoms with E-state index in [9.17, 15) is 10.1 Å². The molecule has 1 aromatic rings. The molecule has 88 valence electrons. The van der Waals surface area contributed by atoms with Crippen LogP contribution in [0.15, 0.2) is 30.3 Å². The van der Waals surface area contributed by atoms with Gasteiger partial charge in [0, 0.05) is 12.8 Å². The molecule has 1 aliphatic rings. The molecule has 0 radical (unpaired) electrons. The van der Waals surface area contributed by atoms with Gasteiger partial charge in [-0.3, -0.25) is 4.79 Å². The third-order valence-corrected chi connectivity index (χ3v) is 3.10. The van der Waals surface area contributed by atoms with Crippen molar-refractivity contribution in [3.63, 3.8) is 0 Å². The number of nitriles is 1. The third-order valence-electron chi connectivity index (χ3n) is 3.10. The number of nitrogens with zero attached hydrogens (tertiary/aromatic N) is 1. The van der Waals surface area contributed by atoms with Gasteiger partial charge >= 0.3 is 5.97 Å². The number of hydrogen-bond donors (Lipinski definition) is 0. The lowest BCUT2D eigenvalue weighted by Gasteiger charge is -2.19. The molecule has 1 saturated heterocycles. The number of benzene rings is 1. The van der Waals surface area contributed by atoms with Gasteiger partial charge in [-0.15, -0.1) is 0 Å². The minimum absolute atomic E-state index is 0.282. The number of rotatable bonds is 2. The van der Waals surface area contributed by atoms with Crippen LogP contribution in [0.5, 0.6) is 0 Å². The molecule has 0 amide bonds. The second kappa shape index (κ2) is 3.89. The highest BCUT2D eigenvalue weighted by atomic mass is 16.6. The quantitative estimate of drug-likeness (QED) is 0.732. The van der Waals surface area contributed by atoms with E-state index in [0.29, 0.717) is 12.8 Å². The Morgan fingerprint density at radius 3 is 2.47 bits per heavy atom. The maximum Gasteiger partial charge on any atom is 0.313 e. The van der Waals surface area contributed by atoms with Gasteiger partial charge < -0.3 is 4.74 Å². The standard InChI is InChI=1S/C14H15NO2/c1-13(2)9-14(10-15,17-12(13)16)8-11-6-4-3-5-7-11/h3-7H,8-9H2,1-2H3. The fraction of sp³-hybridized carbons (Fsp3) is 0.429. The van der Waals surface area contributed by atoms with Crippen molar-refractivity contribution in [3.05, 3.63) is 35.9 Å². The van der Waals surface area contributed by atoms with Gasteiger partial charge in [-0.25, -0.2) is 0 Å². The van der Waals surface area contributed by atoms with Gasteiger partial charge in [0.1, 0.15) is 6.07 Å². The van der Waals surface area contributed by atoms with Gasteiger partial charge in [-0.2, -0.15) is 5.26 Å². The Morgan fingerprint density at radius 1 is 1.35 bits per heavy atom. The lowest BCUT2D eigenvalue weighted by Crippen LogP contribution is -2.29. The summed E-state index contributed by atoms with van der Waals surface area (Å²) in [6.45, 7) is 3.64. The van der Waals surface area contributed by atoms with Crippen molar-refractivity contribution in [1.82, 2.24) is 0 Å². The van der Waals surface area contributed by atoms with Crippen LogP contribution in [-0.4, -0.2) is 11.6 Å². The summed E-state index contributed by atoms with van der Waals surface area (Å²) < 4.78 is 5.32. The first kappa shape index (κ1) is 11.7. The Labute approximate surface area is 101 Å². The first-order valence-electron chi connectivity index (χ1n) is 5.66. The van der Waals surface area contributed by atoms with E-state index in [-0.39, 0.29) is 5.97 Å². The van der Waals surface area contributed by atoms with Crippen molar-refractivity contribution >= 4 is 5.97 Å². The van der Waals surface area contributed by atoms with Crippen LogP contribution in [0.1, 0.15) is 25.8 Å². The van der Waals surface area contributed by atoms with Gasteiger partial charge in [-0.1, -0.05) is 30.3 Å². The number of cyclic esters (lactones) is 1. The van der Waals surface area contributed by atoms with E-state index < -0.39 is 11.0 Å². The zero-order chi connectivity index (χ0) is 12.5. The molecule has 1 aliphatic heterocycles. The maximum atomic E-state index is 11.7. The minimum Gasteiger partial charge on any atom is -0.443 e. The Morgan fingerprint density at radius 2 is 2.00 bits per heavy atom. The number of esters is 1. The van der Waals surface area contributed by atoms with Gasteiger partial charge in [0.15, 0.2) is 0 Å². The fourth-order valence-corrected chi connectivity index (χ4v) is 2.26. The number of carbonyl (C=O) groups excluding carboxylic acids is 1. The van der Waals surface area contributed by atoms with Gasteiger partial charge in [-0.05, 0) is 19.4 Å². The molecule has 1 atom stereocenters. The Balaban J connectivity index is 2.25. The molecule has 3 heteroatoms. The van der Waals surface area contributed by atoms with Gasteiger partial charge in [0.2, 0.25) is 5.60 Å². The summed E-state index contributed by atoms with van der Waals surface area (Å²) >= 11 is 0. The molecule has 0 saturated carbocycles. The predicted octanol–water partition coefficient (Wildman–Crippen LogP) is 2.46. The van der Waals surface area contributed by atoms with Crippen molar-refractivity contribution < 1.29 is 9.53 Å². The zero-order valence-corrected chi connectivity index (χ0v) is 10.1. The van der Waals surface area contributed by atoms with Crippen molar-refractivity contribution in [1.29, 1.82) is 5.26 Å². The van der Waals surface area contributed by atoms with Crippen molar-refractivity contribution in [3.8, 4) is 6.07 Å². The summed E-state index contributed by atoms with van der Waals surface area (Å²) in [7, 11) is 0. The zero-order valence-electron chi connectivity index (χ0n) is 10.1. The smallest absolute Gasteiger partial charge is 0.313 e. The van der Waals surface area contributed by atoms with Crippen molar-refractivity contribution in [2.24, 2.45) is 5.41 Å². The molecule has 1 heterocycles. The van der Waals surface area contributed by atoms with Crippen LogP contribution in [0.4, 0.5) is 0 Å². The van der Waals surface area contributed by atoms with Gasteiger partial charge in [0.05, 0.1) is 5.41 Å². The van der Waals surface area contributed by atoms with Crippen LogP contribution in [0.3, 0.4) is 0 Å². The molecule has 0 spiro atoms. The Hall–Kier alpha value is -1.82. The summed E-state index contributed by atoms with van der Waals surface area (Å²) in [4.78, 5) is 11.7. The largest absolute Gasteiger partial charge is 0.443 e. The van der Waals surface area contributed by atoms with E-state index in [1.165, 1.54) is 0 Å². The first-order chi connectivity index (χ1) is 7.97. The number of hydrogen-bond acceptors (Lipinski definition) is 3. The van der Waals surface area contributed by atoms with Crippen LogP contribution in [0.25, 0.3) is 0 Å². The van der Waals surface area contributed by atoms with Crippen LogP contribution in [-0.2, 0) is 16.0 Å². The molecule has 1 fully saturated rings. The van der Waals surface area contributed by atoms with E-state index in [1.807, 2.05) is 44.2 Å². The molecule has 0 aromatic heterocycles. The van der Waals surface area contributed by atoms with E-state index in [4.69, 9.17) is 4.74 Å². The maximum absolute atomic E-state index is 11.7. The van der Waals surface area contributed by atoms with Crippen LogP contribution in [0, 0.1) is 16.7 Å². The monoisotopic (exact) mass is 229 g/mol. The second-order valence-electron chi connectivity index (χ2n) is 5.22. The highest BCUT2D eigenvalue weighted by molar-refractivity contribution is 5.79. The van der Waals surface area contributed by atoms with Crippen LogP contribution >= 0.6 is 0 Å². The molecule has 17 heavy (non-hydrogen) atoms. The normalized spacial score (nSPS) is 26.3. The topological polar surface area (TPSA) is 50.1 Å². The highest BCUT2D eigenvalue weighted by Gasteiger charge is 2.52. The minimum atomic E-state index is -0.998. The SMILES string of the molecule is CC1(C)CC(C#N)(Cc2ccccc2)OC1=O. The van der Waals surface area contributed by atoms with Crippen molar-refractivity contribution in [2.75, 3.05) is 0 Å². The highest BCUT2D eigenvalue weighted by Crippen LogP contribution is 2.41. The lowest BCUT2D eigenvalue weighted by atomic mass is 9.81. The first-order valence-corrected chi connectivity index (χ1v) is 5.66. The molecule has 1 unspecified atom stereocenters. The molecule has 1 aromatic carbocycles. The summed E-state index contributed by atoms with van der Waals surface area (Å²) in [5.41, 5.74) is -0.550. The third kappa shape index (κ3) is 2.16. The summed E-state index contributed by atoms with van der Waals surface area (Å²) in [6, 6.07) is 11.8. The molecule has 0 bridgehead atoms. The predicted molar refractivity (Wildman–Crippen MR) is 63.0 cm³/mol. The average Bonchev–Trinajstić information content (AvgIpc) is 2.51. The fourth-order valence-electron chi connectivity index (χ4n) is 2.26. The summed E-state index contributed by atoms with van der Waals surface area (Å²) in [5.74, 6) is -0.282. The average molecular weight is 229 g/mol. The molecular weight excluding hydrogens is 214 g/mol. The molecule has 0 N–H and O–H groups in total. The molecule has 3 nitrogen and oxygen atoms in total. The van der Waals surface area contributed by atoms with E-state index in [0.717, 1.165) is 5.56 Å². The molecule has 0 aliphatic carbocycles. The molecular formula is C14H15NO2.